The first-order valence-electron chi connectivity index (χ1n) is 14.4. The molecule has 3 heterocycles. The molecule has 0 unspecified atom stereocenters. The van der Waals surface area contributed by atoms with Gasteiger partial charge in [0.25, 0.3) is 0 Å². The number of nitrogens with one attached hydrogen (secondary N) is 1. The van der Waals surface area contributed by atoms with Crippen molar-refractivity contribution >= 4 is 0 Å². The maximum Gasteiger partial charge on any atom is 0.333 e. The molecule has 41 heavy (non-hydrogen) atoms. The standard InChI is InChI=1S/C33H39N7O/c1-7-8-10-25-21-40(30-26(22(2)3)11-9-12-29(30)33(4,5)6)32(41)39(25)20-23-13-15-24(16-14-23)27-17-18-34-19-28(27)31-35-37-38-36-31/h9,11-19,21-22H,7-8,10,20H2,1-6H3,(H,35,36,37,38). The van der Waals surface area contributed by atoms with Crippen LogP contribution in [0.1, 0.15) is 82.7 Å². The van der Waals surface area contributed by atoms with Crippen LogP contribution in [0.2, 0.25) is 0 Å². The Morgan fingerprint density at radius 3 is 2.44 bits per heavy atom. The molecule has 0 saturated carbocycles. The number of benzene rings is 2. The van der Waals surface area contributed by atoms with Gasteiger partial charge in [-0.3, -0.25) is 14.1 Å². The van der Waals surface area contributed by atoms with E-state index in [2.05, 4.69) is 116 Å². The molecule has 5 rings (SSSR count). The van der Waals surface area contributed by atoms with Crippen molar-refractivity contribution in [1.29, 1.82) is 0 Å². The lowest BCUT2D eigenvalue weighted by atomic mass is 9.83. The predicted octanol–water partition coefficient (Wildman–Crippen LogP) is 6.69. The number of aromatic nitrogens is 7. The number of H-pyrrole nitrogens is 1. The number of hydrogen-bond acceptors (Lipinski definition) is 5. The Hall–Kier alpha value is -4.33. The van der Waals surface area contributed by atoms with Crippen molar-refractivity contribution in [2.24, 2.45) is 0 Å². The number of pyridine rings is 1. The highest BCUT2D eigenvalue weighted by atomic mass is 16.1. The Balaban J connectivity index is 1.55. The van der Waals surface area contributed by atoms with Gasteiger partial charge in [-0.25, -0.2) is 9.89 Å². The summed E-state index contributed by atoms with van der Waals surface area (Å²) in [5.74, 6) is 0.863. The molecule has 3 aromatic heterocycles. The van der Waals surface area contributed by atoms with E-state index in [0.717, 1.165) is 52.9 Å². The summed E-state index contributed by atoms with van der Waals surface area (Å²) in [5, 5.41) is 14.3. The molecule has 0 atom stereocenters. The third-order valence-corrected chi connectivity index (χ3v) is 7.61. The quantitative estimate of drug-likeness (QED) is 0.221. The zero-order valence-corrected chi connectivity index (χ0v) is 24.8. The summed E-state index contributed by atoms with van der Waals surface area (Å²) in [6.07, 6.45) is 8.56. The zero-order chi connectivity index (χ0) is 29.1. The molecular weight excluding hydrogens is 510 g/mol. The van der Waals surface area contributed by atoms with Gasteiger partial charge in [0.15, 0.2) is 5.82 Å². The molecule has 0 radical (unpaired) electrons. The van der Waals surface area contributed by atoms with Crippen molar-refractivity contribution in [3.05, 3.63) is 100.0 Å². The summed E-state index contributed by atoms with van der Waals surface area (Å²) >= 11 is 0. The van der Waals surface area contributed by atoms with Crippen LogP contribution < -0.4 is 5.69 Å². The summed E-state index contributed by atoms with van der Waals surface area (Å²) < 4.78 is 3.86. The first kappa shape index (κ1) is 28.2. The maximum atomic E-state index is 14.2. The summed E-state index contributed by atoms with van der Waals surface area (Å²) in [4.78, 5) is 18.4. The molecular formula is C33H39N7O. The highest BCUT2D eigenvalue weighted by Crippen LogP contribution is 2.34. The Morgan fingerprint density at radius 2 is 1.78 bits per heavy atom. The summed E-state index contributed by atoms with van der Waals surface area (Å²) in [5.41, 5.74) is 8.28. The fourth-order valence-corrected chi connectivity index (χ4v) is 5.40. The molecule has 0 spiro atoms. The monoisotopic (exact) mass is 549 g/mol. The lowest BCUT2D eigenvalue weighted by molar-refractivity contribution is 0.582. The van der Waals surface area contributed by atoms with Crippen LogP contribution in [0.15, 0.2) is 71.9 Å². The number of hydrogen-bond donors (Lipinski definition) is 1. The Kier molecular flexibility index (Phi) is 8.01. The van der Waals surface area contributed by atoms with Crippen molar-refractivity contribution in [3.8, 4) is 28.2 Å². The van der Waals surface area contributed by atoms with Gasteiger partial charge >= 0.3 is 5.69 Å². The molecule has 2 aromatic carbocycles. The lowest BCUT2D eigenvalue weighted by Crippen LogP contribution is -2.27. The molecule has 8 nitrogen and oxygen atoms in total. The van der Waals surface area contributed by atoms with E-state index in [1.54, 1.807) is 12.4 Å². The van der Waals surface area contributed by atoms with Crippen LogP contribution >= 0.6 is 0 Å². The first-order valence-corrected chi connectivity index (χ1v) is 14.4. The van der Waals surface area contributed by atoms with E-state index in [-0.39, 0.29) is 11.1 Å². The van der Waals surface area contributed by atoms with Gasteiger partial charge in [0, 0.05) is 29.8 Å². The second kappa shape index (κ2) is 11.6. The molecule has 0 saturated heterocycles. The molecule has 1 N–H and O–H groups in total. The van der Waals surface area contributed by atoms with Crippen LogP contribution in [-0.2, 0) is 18.4 Å². The SMILES string of the molecule is CCCCc1cn(-c2c(C(C)C)cccc2C(C)(C)C)c(=O)n1Cc1ccc(-c2ccncc2-c2nnn[nH]2)cc1. The van der Waals surface area contributed by atoms with E-state index >= 15 is 0 Å². The number of aryl methyl sites for hydroxylation is 1. The molecule has 5 aromatic rings. The zero-order valence-electron chi connectivity index (χ0n) is 24.8. The highest BCUT2D eigenvalue weighted by molar-refractivity contribution is 5.79. The van der Waals surface area contributed by atoms with Crippen LogP contribution in [0.3, 0.4) is 0 Å². The minimum atomic E-state index is -0.102. The minimum absolute atomic E-state index is 0.00742. The van der Waals surface area contributed by atoms with Crippen molar-refractivity contribution < 1.29 is 0 Å². The summed E-state index contributed by atoms with van der Waals surface area (Å²) in [6.45, 7) is 13.7. The third-order valence-electron chi connectivity index (χ3n) is 7.61. The van der Waals surface area contributed by atoms with E-state index < -0.39 is 0 Å². The predicted molar refractivity (Wildman–Crippen MR) is 163 cm³/mol. The number of unbranched alkanes of at least 4 members (excludes halogenated alkanes) is 1. The topological polar surface area (TPSA) is 94.3 Å². The van der Waals surface area contributed by atoms with Crippen molar-refractivity contribution in [1.82, 2.24) is 34.7 Å². The van der Waals surface area contributed by atoms with E-state index in [0.29, 0.717) is 18.3 Å². The number of nitrogens with zero attached hydrogens (tertiary/aromatic N) is 6. The van der Waals surface area contributed by atoms with Crippen molar-refractivity contribution in [3.63, 3.8) is 0 Å². The van der Waals surface area contributed by atoms with Gasteiger partial charge in [-0.15, -0.1) is 5.10 Å². The van der Waals surface area contributed by atoms with Gasteiger partial charge in [-0.05, 0) is 68.5 Å². The van der Waals surface area contributed by atoms with Crippen LogP contribution in [0, 0.1) is 0 Å². The van der Waals surface area contributed by atoms with Gasteiger partial charge in [0.2, 0.25) is 0 Å². The second-order valence-electron chi connectivity index (χ2n) is 12.0. The lowest BCUT2D eigenvalue weighted by Gasteiger charge is -2.26. The van der Waals surface area contributed by atoms with Gasteiger partial charge in [-0.2, -0.15) is 0 Å². The number of aromatic amines is 1. The van der Waals surface area contributed by atoms with Gasteiger partial charge in [-0.1, -0.05) is 90.4 Å². The molecule has 0 fully saturated rings. The van der Waals surface area contributed by atoms with Crippen LogP contribution in [0.4, 0.5) is 0 Å². The number of imidazole rings is 1. The molecule has 0 amide bonds. The van der Waals surface area contributed by atoms with E-state index in [9.17, 15) is 4.79 Å². The smallest absolute Gasteiger partial charge is 0.292 e. The average molecular weight is 550 g/mol. The van der Waals surface area contributed by atoms with Crippen molar-refractivity contribution in [2.45, 2.75) is 78.7 Å². The minimum Gasteiger partial charge on any atom is -0.292 e. The highest BCUT2D eigenvalue weighted by Gasteiger charge is 2.25. The molecule has 8 heteroatoms. The average Bonchev–Trinajstić information content (AvgIpc) is 3.60. The number of tetrazole rings is 1. The largest absolute Gasteiger partial charge is 0.333 e. The van der Waals surface area contributed by atoms with Crippen LogP contribution in [0.5, 0.6) is 0 Å². The molecule has 0 aliphatic carbocycles. The Morgan fingerprint density at radius 1 is 1.00 bits per heavy atom. The van der Waals surface area contributed by atoms with Crippen LogP contribution in [0.25, 0.3) is 28.2 Å². The third kappa shape index (κ3) is 5.78. The fraction of sp³-hybridized carbons (Fsp3) is 0.364. The normalized spacial score (nSPS) is 11.9. The van der Waals surface area contributed by atoms with E-state index in [1.807, 2.05) is 15.2 Å². The number of rotatable bonds is 9. The van der Waals surface area contributed by atoms with E-state index in [1.165, 1.54) is 11.1 Å². The van der Waals surface area contributed by atoms with E-state index in [4.69, 9.17) is 0 Å². The molecule has 0 aliphatic rings. The fourth-order valence-electron chi connectivity index (χ4n) is 5.40. The Labute approximate surface area is 241 Å². The summed E-state index contributed by atoms with van der Waals surface area (Å²) in [7, 11) is 0. The maximum absolute atomic E-state index is 14.2. The first-order chi connectivity index (χ1) is 19.7. The van der Waals surface area contributed by atoms with Crippen molar-refractivity contribution in [2.75, 3.05) is 0 Å². The second-order valence-corrected chi connectivity index (χ2v) is 12.0. The Bertz CT molecular complexity index is 1670. The summed E-state index contributed by atoms with van der Waals surface area (Å²) in [6, 6.07) is 16.7. The molecule has 212 valence electrons. The van der Waals surface area contributed by atoms with Crippen LogP contribution in [-0.4, -0.2) is 34.7 Å². The number of para-hydroxylation sites is 1. The molecule has 0 bridgehead atoms. The molecule has 0 aliphatic heterocycles. The van der Waals surface area contributed by atoms with Gasteiger partial charge < -0.3 is 0 Å². The van der Waals surface area contributed by atoms with Gasteiger partial charge in [0.1, 0.15) is 0 Å². The van der Waals surface area contributed by atoms with Gasteiger partial charge in [0.05, 0.1) is 12.2 Å².